The summed E-state index contributed by atoms with van der Waals surface area (Å²) in [5.74, 6) is 0.856. The zero-order valence-electron chi connectivity index (χ0n) is 13.4. The Morgan fingerprint density at radius 1 is 1.35 bits per heavy atom. The Labute approximate surface area is 138 Å². The van der Waals surface area contributed by atoms with Crippen LogP contribution < -0.4 is 0 Å². The van der Waals surface area contributed by atoms with Crippen molar-refractivity contribution in [2.75, 3.05) is 5.75 Å². The summed E-state index contributed by atoms with van der Waals surface area (Å²) in [6.07, 6.45) is 0. The van der Waals surface area contributed by atoms with Gasteiger partial charge in [-0.25, -0.2) is 4.68 Å². The quantitative estimate of drug-likeness (QED) is 0.555. The summed E-state index contributed by atoms with van der Waals surface area (Å²) in [7, 11) is 0. The van der Waals surface area contributed by atoms with Gasteiger partial charge in [-0.1, -0.05) is 43.8 Å². The van der Waals surface area contributed by atoms with Crippen molar-refractivity contribution in [1.82, 2.24) is 25.2 Å². The highest BCUT2D eigenvalue weighted by Gasteiger charge is 2.17. The number of para-hydroxylation sites is 1. The Balaban J connectivity index is 1.77. The first-order valence-corrected chi connectivity index (χ1v) is 8.54. The van der Waals surface area contributed by atoms with Crippen LogP contribution in [0.5, 0.6) is 0 Å². The van der Waals surface area contributed by atoms with Crippen molar-refractivity contribution in [2.24, 2.45) is 5.92 Å². The van der Waals surface area contributed by atoms with Crippen molar-refractivity contribution in [1.29, 1.82) is 0 Å². The molecule has 0 saturated heterocycles. The number of fused-ring (bicyclic) bond motifs is 1. The molecule has 7 heteroatoms. The van der Waals surface area contributed by atoms with Crippen molar-refractivity contribution >= 4 is 28.4 Å². The highest BCUT2D eigenvalue weighted by Crippen LogP contribution is 2.25. The minimum atomic E-state index is 0.0871. The number of aromatic amines is 1. The van der Waals surface area contributed by atoms with Crippen molar-refractivity contribution in [2.45, 2.75) is 32.5 Å². The maximum atomic E-state index is 12.7. The van der Waals surface area contributed by atoms with Gasteiger partial charge in [-0.05, 0) is 29.3 Å². The van der Waals surface area contributed by atoms with E-state index in [4.69, 9.17) is 0 Å². The van der Waals surface area contributed by atoms with E-state index in [2.05, 4.69) is 34.4 Å². The molecule has 2 heterocycles. The first kappa shape index (κ1) is 15.7. The van der Waals surface area contributed by atoms with Crippen LogP contribution in [-0.4, -0.2) is 36.7 Å². The van der Waals surface area contributed by atoms with Gasteiger partial charge in [0, 0.05) is 28.7 Å². The summed E-state index contributed by atoms with van der Waals surface area (Å²) in [5, 5.41) is 13.4. The summed E-state index contributed by atoms with van der Waals surface area (Å²) in [6, 6.07) is 7.86. The molecule has 0 atom stereocenters. The summed E-state index contributed by atoms with van der Waals surface area (Å²) in [4.78, 5) is 15.9. The topological polar surface area (TPSA) is 76.5 Å². The summed E-state index contributed by atoms with van der Waals surface area (Å²) < 4.78 is 1.75. The third-order valence-electron chi connectivity index (χ3n) is 3.54. The number of H-pyrrole nitrogens is 1. The van der Waals surface area contributed by atoms with Gasteiger partial charge < -0.3 is 4.98 Å². The number of nitrogens with zero attached hydrogens (tertiary/aromatic N) is 4. The van der Waals surface area contributed by atoms with Gasteiger partial charge in [-0.3, -0.25) is 4.79 Å². The number of ketones is 1. The molecule has 2 aromatic heterocycles. The number of carbonyl (C=O) groups excluding carboxylic acids is 1. The molecule has 120 valence electrons. The first-order valence-electron chi connectivity index (χ1n) is 7.55. The van der Waals surface area contributed by atoms with Crippen molar-refractivity contribution in [3.05, 3.63) is 35.5 Å². The zero-order chi connectivity index (χ0) is 16.4. The van der Waals surface area contributed by atoms with Crippen LogP contribution in [0.2, 0.25) is 0 Å². The largest absolute Gasteiger partial charge is 0.358 e. The Morgan fingerprint density at radius 3 is 2.91 bits per heavy atom. The van der Waals surface area contributed by atoms with Crippen molar-refractivity contribution in [3.63, 3.8) is 0 Å². The van der Waals surface area contributed by atoms with E-state index in [0.29, 0.717) is 16.8 Å². The number of aromatic nitrogens is 5. The molecule has 6 nitrogen and oxygen atoms in total. The number of carbonyl (C=O) groups is 1. The van der Waals surface area contributed by atoms with Gasteiger partial charge in [0.05, 0.1) is 5.75 Å². The molecular formula is C16H19N5OS. The molecule has 0 spiro atoms. The van der Waals surface area contributed by atoms with Crippen molar-refractivity contribution < 1.29 is 4.79 Å². The molecule has 0 unspecified atom stereocenters. The normalized spacial score (nSPS) is 11.5. The Bertz CT molecular complexity index is 836. The van der Waals surface area contributed by atoms with Crippen LogP contribution in [0, 0.1) is 12.8 Å². The van der Waals surface area contributed by atoms with Gasteiger partial charge in [0.2, 0.25) is 5.16 Å². The van der Waals surface area contributed by atoms with Crippen LogP contribution in [0.1, 0.15) is 29.9 Å². The first-order chi connectivity index (χ1) is 11.1. The molecule has 0 aliphatic carbocycles. The fraction of sp³-hybridized carbons (Fsp3) is 0.375. The van der Waals surface area contributed by atoms with Gasteiger partial charge in [0.25, 0.3) is 0 Å². The summed E-state index contributed by atoms with van der Waals surface area (Å²) >= 11 is 1.38. The third kappa shape index (κ3) is 3.29. The Kier molecular flexibility index (Phi) is 4.47. The number of nitrogens with one attached hydrogen (secondary N) is 1. The number of benzene rings is 1. The lowest BCUT2D eigenvalue weighted by Crippen LogP contribution is -2.09. The van der Waals surface area contributed by atoms with Crippen LogP contribution in [0.25, 0.3) is 10.9 Å². The second kappa shape index (κ2) is 6.54. The minimum Gasteiger partial charge on any atom is -0.358 e. The fourth-order valence-electron chi connectivity index (χ4n) is 2.60. The predicted molar refractivity (Wildman–Crippen MR) is 90.7 cm³/mol. The average Bonchev–Trinajstić information content (AvgIpc) is 3.07. The molecule has 0 aliphatic rings. The second-order valence-electron chi connectivity index (χ2n) is 5.92. The van der Waals surface area contributed by atoms with Crippen LogP contribution in [0.3, 0.4) is 0 Å². The maximum absolute atomic E-state index is 12.7. The number of hydrogen-bond acceptors (Lipinski definition) is 5. The lowest BCUT2D eigenvalue weighted by atomic mass is 10.1. The molecule has 3 aromatic rings. The minimum absolute atomic E-state index is 0.0871. The van der Waals surface area contributed by atoms with Crippen LogP contribution in [-0.2, 0) is 6.54 Å². The number of hydrogen-bond donors (Lipinski definition) is 1. The lowest BCUT2D eigenvalue weighted by molar-refractivity contribution is 0.102. The number of aryl methyl sites for hydroxylation is 1. The van der Waals surface area contributed by atoms with Gasteiger partial charge in [0.1, 0.15) is 0 Å². The van der Waals surface area contributed by atoms with E-state index in [0.717, 1.165) is 28.7 Å². The molecule has 0 aliphatic heterocycles. The van der Waals surface area contributed by atoms with E-state index in [1.807, 2.05) is 31.2 Å². The SMILES string of the molecule is Cc1[nH]c2ccccc2c1C(=O)CSc1nnnn1CC(C)C. The second-order valence-corrected chi connectivity index (χ2v) is 6.86. The molecule has 23 heavy (non-hydrogen) atoms. The van der Waals surface area contributed by atoms with Gasteiger partial charge in [0.15, 0.2) is 5.78 Å². The highest BCUT2D eigenvalue weighted by atomic mass is 32.2. The summed E-state index contributed by atoms with van der Waals surface area (Å²) in [5.41, 5.74) is 2.65. The van der Waals surface area contributed by atoms with E-state index >= 15 is 0 Å². The van der Waals surface area contributed by atoms with E-state index in [1.165, 1.54) is 11.8 Å². The maximum Gasteiger partial charge on any atom is 0.209 e. The van der Waals surface area contributed by atoms with Crippen LogP contribution in [0.4, 0.5) is 0 Å². The van der Waals surface area contributed by atoms with E-state index in [-0.39, 0.29) is 5.78 Å². The molecule has 0 bridgehead atoms. The predicted octanol–water partition coefficient (Wildman–Crippen LogP) is 3.09. The van der Waals surface area contributed by atoms with Crippen molar-refractivity contribution in [3.8, 4) is 0 Å². The van der Waals surface area contributed by atoms with E-state index in [1.54, 1.807) is 4.68 Å². The van der Waals surface area contributed by atoms with Gasteiger partial charge in [-0.15, -0.1) is 5.10 Å². The Hall–Kier alpha value is -2.15. The third-order valence-corrected chi connectivity index (χ3v) is 4.50. The number of Topliss-reactive ketones (excluding diaryl/α,β-unsaturated/α-hetero) is 1. The van der Waals surface area contributed by atoms with Crippen LogP contribution in [0.15, 0.2) is 29.4 Å². The zero-order valence-corrected chi connectivity index (χ0v) is 14.2. The monoisotopic (exact) mass is 329 g/mol. The fourth-order valence-corrected chi connectivity index (χ4v) is 3.36. The van der Waals surface area contributed by atoms with E-state index in [9.17, 15) is 4.79 Å². The number of thioether (sulfide) groups is 1. The number of rotatable bonds is 6. The van der Waals surface area contributed by atoms with Crippen LogP contribution >= 0.6 is 11.8 Å². The smallest absolute Gasteiger partial charge is 0.209 e. The standard InChI is InChI=1S/C16H19N5OS/c1-10(2)8-21-16(18-19-20-21)23-9-14(22)15-11(3)17-13-7-5-4-6-12(13)15/h4-7,10,17H,8-9H2,1-3H3. The summed E-state index contributed by atoms with van der Waals surface area (Å²) in [6.45, 7) is 6.89. The molecule has 3 rings (SSSR count). The van der Waals surface area contributed by atoms with Gasteiger partial charge in [-0.2, -0.15) is 0 Å². The van der Waals surface area contributed by atoms with Gasteiger partial charge >= 0.3 is 0 Å². The molecule has 0 amide bonds. The molecule has 1 N–H and O–H groups in total. The molecule has 0 radical (unpaired) electrons. The molecule has 0 saturated carbocycles. The lowest BCUT2D eigenvalue weighted by Gasteiger charge is -2.06. The Morgan fingerprint density at radius 2 is 2.13 bits per heavy atom. The molecule has 0 fully saturated rings. The number of tetrazole rings is 1. The molecular weight excluding hydrogens is 310 g/mol. The van der Waals surface area contributed by atoms with E-state index < -0.39 is 0 Å². The average molecular weight is 329 g/mol. The molecule has 1 aromatic carbocycles. The highest BCUT2D eigenvalue weighted by molar-refractivity contribution is 7.99.